The molecular weight excluding hydrogens is 602 g/mol. The molecule has 3 aromatic carbocycles. The molecule has 1 aliphatic carbocycles. The van der Waals surface area contributed by atoms with Crippen LogP contribution in [0, 0.1) is 0 Å². The average Bonchev–Trinajstić information content (AvgIpc) is 3.04. The summed E-state index contributed by atoms with van der Waals surface area (Å²) in [4.78, 5) is 29.4. The Balaban J connectivity index is 1.71. The lowest BCUT2D eigenvalue weighted by molar-refractivity contribution is -0.140. The van der Waals surface area contributed by atoms with Crippen molar-refractivity contribution >= 4 is 39.1 Å². The summed E-state index contributed by atoms with van der Waals surface area (Å²) in [6.45, 7) is 1.40. The molecule has 4 rings (SSSR count). The number of amides is 2. The molecule has 0 radical (unpaired) electrons. The zero-order chi connectivity index (χ0) is 31.7. The molecule has 1 fully saturated rings. The van der Waals surface area contributed by atoms with Gasteiger partial charge in [0.05, 0.1) is 24.8 Å². The molecule has 0 spiro atoms. The number of sulfonamides is 1. The molecule has 1 aliphatic rings. The molecule has 0 aliphatic heterocycles. The normalized spacial score (nSPS) is 14.4. The smallest absolute Gasteiger partial charge is 0.264 e. The van der Waals surface area contributed by atoms with Crippen LogP contribution in [-0.4, -0.2) is 58.0 Å². The van der Waals surface area contributed by atoms with Crippen molar-refractivity contribution < 1.29 is 27.5 Å². The minimum absolute atomic E-state index is 0.0116. The highest BCUT2D eigenvalue weighted by Gasteiger charge is 2.34. The van der Waals surface area contributed by atoms with Crippen LogP contribution in [0.3, 0.4) is 0 Å². The number of nitrogens with zero attached hydrogens (tertiary/aromatic N) is 2. The highest BCUT2D eigenvalue weighted by molar-refractivity contribution is 7.92. The van der Waals surface area contributed by atoms with E-state index in [4.69, 9.17) is 21.1 Å². The molecule has 9 nitrogen and oxygen atoms in total. The van der Waals surface area contributed by atoms with E-state index in [1.165, 1.54) is 24.1 Å². The number of hydrogen-bond acceptors (Lipinski definition) is 6. The number of ether oxygens (including phenoxy) is 2. The maximum atomic E-state index is 14.3. The van der Waals surface area contributed by atoms with Gasteiger partial charge in [0.15, 0.2) is 0 Å². The van der Waals surface area contributed by atoms with E-state index in [-0.39, 0.29) is 29.1 Å². The van der Waals surface area contributed by atoms with Crippen LogP contribution in [0.1, 0.15) is 51.0 Å². The van der Waals surface area contributed by atoms with Crippen molar-refractivity contribution in [1.29, 1.82) is 0 Å². The van der Waals surface area contributed by atoms with E-state index < -0.39 is 28.5 Å². The summed E-state index contributed by atoms with van der Waals surface area (Å²) < 4.78 is 39.7. The molecule has 1 N–H and O–H groups in total. The third kappa shape index (κ3) is 8.24. The molecular formula is C33H40ClN3O6S. The predicted molar refractivity (Wildman–Crippen MR) is 172 cm³/mol. The summed E-state index contributed by atoms with van der Waals surface area (Å²) in [5.74, 6) is 0.342. The van der Waals surface area contributed by atoms with E-state index in [0.29, 0.717) is 22.9 Å². The van der Waals surface area contributed by atoms with Gasteiger partial charge in [0.25, 0.3) is 10.0 Å². The lowest BCUT2D eigenvalue weighted by atomic mass is 9.95. The van der Waals surface area contributed by atoms with Crippen LogP contribution in [0.2, 0.25) is 5.02 Å². The zero-order valence-corrected chi connectivity index (χ0v) is 26.9. The van der Waals surface area contributed by atoms with Gasteiger partial charge in [0, 0.05) is 17.6 Å². The van der Waals surface area contributed by atoms with Crippen molar-refractivity contribution in [2.45, 2.75) is 69.0 Å². The fraction of sp³-hybridized carbons (Fsp3) is 0.394. The van der Waals surface area contributed by atoms with E-state index in [0.717, 1.165) is 42.0 Å². The second-order valence-corrected chi connectivity index (χ2v) is 13.1. The lowest BCUT2D eigenvalue weighted by Gasteiger charge is -2.34. The maximum absolute atomic E-state index is 14.3. The molecule has 3 aromatic rings. The van der Waals surface area contributed by atoms with Gasteiger partial charge >= 0.3 is 0 Å². The van der Waals surface area contributed by atoms with E-state index in [1.54, 1.807) is 55.6 Å². The van der Waals surface area contributed by atoms with Crippen molar-refractivity contribution in [2.75, 3.05) is 25.1 Å². The average molecular weight is 642 g/mol. The number of benzene rings is 3. The summed E-state index contributed by atoms with van der Waals surface area (Å²) in [5, 5.41) is 3.58. The van der Waals surface area contributed by atoms with Gasteiger partial charge in [-0.05, 0) is 85.5 Å². The number of carbonyl (C=O) groups is 2. The fourth-order valence-electron chi connectivity index (χ4n) is 5.44. The zero-order valence-electron chi connectivity index (χ0n) is 25.4. The molecule has 0 heterocycles. The first kappa shape index (κ1) is 33.1. The third-order valence-corrected chi connectivity index (χ3v) is 9.91. The standard InChI is InChI=1S/C33H40ClN3O6S/c1-4-31(33(39)35-26-10-6-5-7-11-26)36(22-24-9-8-12-29(21-24)43-3)32(38)23-37(27-15-13-25(34)14-16-27)44(40,41)30-19-17-28(42-2)18-20-30/h8-9,12-21,26,31H,4-7,10-11,22-23H2,1-3H3,(H,35,39)/t31-/m0/s1. The minimum Gasteiger partial charge on any atom is -0.497 e. The van der Waals surface area contributed by atoms with Crippen LogP contribution in [0.4, 0.5) is 5.69 Å². The van der Waals surface area contributed by atoms with Crippen molar-refractivity contribution in [1.82, 2.24) is 10.2 Å². The van der Waals surface area contributed by atoms with Crippen molar-refractivity contribution in [3.05, 3.63) is 83.4 Å². The van der Waals surface area contributed by atoms with Crippen LogP contribution < -0.4 is 19.1 Å². The summed E-state index contributed by atoms with van der Waals surface area (Å²) in [7, 11) is -1.16. The van der Waals surface area contributed by atoms with Crippen molar-refractivity contribution in [2.24, 2.45) is 0 Å². The predicted octanol–water partition coefficient (Wildman–Crippen LogP) is 5.81. The highest BCUT2D eigenvalue weighted by Crippen LogP contribution is 2.28. The van der Waals surface area contributed by atoms with Gasteiger partial charge < -0.3 is 19.7 Å². The van der Waals surface area contributed by atoms with Gasteiger partial charge in [0.1, 0.15) is 24.1 Å². The molecule has 0 saturated heterocycles. The van der Waals surface area contributed by atoms with Crippen LogP contribution >= 0.6 is 11.6 Å². The van der Waals surface area contributed by atoms with Crippen LogP contribution in [0.5, 0.6) is 11.5 Å². The molecule has 2 amide bonds. The second-order valence-electron chi connectivity index (χ2n) is 10.8. The van der Waals surface area contributed by atoms with Gasteiger partial charge in [-0.1, -0.05) is 49.9 Å². The lowest BCUT2D eigenvalue weighted by Crippen LogP contribution is -2.54. The van der Waals surface area contributed by atoms with Crippen LogP contribution in [-0.2, 0) is 26.2 Å². The maximum Gasteiger partial charge on any atom is 0.264 e. The number of anilines is 1. The Hall–Kier alpha value is -3.76. The highest BCUT2D eigenvalue weighted by atomic mass is 35.5. The Labute approximate surface area is 265 Å². The first-order valence-electron chi connectivity index (χ1n) is 14.8. The molecule has 0 aromatic heterocycles. The largest absolute Gasteiger partial charge is 0.497 e. The number of methoxy groups -OCH3 is 2. The molecule has 1 saturated carbocycles. The Morgan fingerprint density at radius 2 is 1.59 bits per heavy atom. The first-order valence-corrected chi connectivity index (χ1v) is 16.6. The number of nitrogens with one attached hydrogen (secondary N) is 1. The van der Waals surface area contributed by atoms with Crippen LogP contribution in [0.25, 0.3) is 0 Å². The van der Waals surface area contributed by atoms with Gasteiger partial charge in [-0.15, -0.1) is 0 Å². The van der Waals surface area contributed by atoms with E-state index >= 15 is 0 Å². The summed E-state index contributed by atoms with van der Waals surface area (Å²) in [6.07, 6.45) is 5.39. The number of rotatable bonds is 13. The van der Waals surface area contributed by atoms with E-state index in [1.807, 2.05) is 19.1 Å². The van der Waals surface area contributed by atoms with Crippen molar-refractivity contribution in [3.63, 3.8) is 0 Å². The Bertz CT molecular complexity index is 1510. The van der Waals surface area contributed by atoms with Gasteiger partial charge in [0.2, 0.25) is 11.8 Å². The fourth-order valence-corrected chi connectivity index (χ4v) is 6.98. The molecule has 11 heteroatoms. The molecule has 44 heavy (non-hydrogen) atoms. The molecule has 0 bridgehead atoms. The quantitative estimate of drug-likeness (QED) is 0.253. The SMILES string of the molecule is CC[C@@H](C(=O)NC1CCCCC1)N(Cc1cccc(OC)c1)C(=O)CN(c1ccc(Cl)cc1)S(=O)(=O)c1ccc(OC)cc1. The van der Waals surface area contributed by atoms with Gasteiger partial charge in [-0.2, -0.15) is 0 Å². The first-order chi connectivity index (χ1) is 21.2. The van der Waals surface area contributed by atoms with E-state index in [2.05, 4.69) is 5.32 Å². The van der Waals surface area contributed by atoms with Crippen LogP contribution in [0.15, 0.2) is 77.7 Å². The summed E-state index contributed by atoms with van der Waals surface area (Å²) >= 11 is 6.12. The minimum atomic E-state index is -4.21. The topological polar surface area (TPSA) is 105 Å². The summed E-state index contributed by atoms with van der Waals surface area (Å²) in [5.41, 5.74) is 1.01. The second kappa shape index (κ2) is 15.3. The number of hydrogen-bond donors (Lipinski definition) is 1. The van der Waals surface area contributed by atoms with Gasteiger partial charge in [-0.3, -0.25) is 13.9 Å². The Morgan fingerprint density at radius 1 is 0.932 bits per heavy atom. The van der Waals surface area contributed by atoms with Gasteiger partial charge in [-0.25, -0.2) is 8.42 Å². The molecule has 236 valence electrons. The van der Waals surface area contributed by atoms with Crippen molar-refractivity contribution in [3.8, 4) is 11.5 Å². The molecule has 0 unspecified atom stereocenters. The molecule has 1 atom stereocenters. The number of halogens is 1. The monoisotopic (exact) mass is 641 g/mol. The number of carbonyl (C=O) groups excluding carboxylic acids is 2. The third-order valence-electron chi connectivity index (χ3n) is 7.87. The Kier molecular flexibility index (Phi) is 11.5. The van der Waals surface area contributed by atoms with E-state index in [9.17, 15) is 18.0 Å². The Morgan fingerprint density at radius 3 is 2.20 bits per heavy atom. The summed E-state index contributed by atoms with van der Waals surface area (Å²) in [6, 6.07) is 18.7.